The van der Waals surface area contributed by atoms with Crippen molar-refractivity contribution in [3.8, 4) is 11.4 Å². The standard InChI is InChI=1S/C18H22N6O/c1-2-10-24-16(5-3-4-13-11-20-21-12-13)22-18(23-24)15-8-6-14(7-9-15)17(19)25/h6-9,11-12H,2-5,10H2,1H3,(H2,19,25)(H,20,21). The predicted molar refractivity (Wildman–Crippen MR) is 94.9 cm³/mol. The number of nitrogens with zero attached hydrogens (tertiary/aromatic N) is 4. The third kappa shape index (κ3) is 4.12. The van der Waals surface area contributed by atoms with Crippen molar-refractivity contribution in [2.75, 3.05) is 0 Å². The monoisotopic (exact) mass is 338 g/mol. The van der Waals surface area contributed by atoms with E-state index in [4.69, 9.17) is 10.7 Å². The molecule has 0 spiro atoms. The van der Waals surface area contributed by atoms with Crippen LogP contribution < -0.4 is 5.73 Å². The SMILES string of the molecule is CCCn1nc(-c2ccc(C(N)=O)cc2)nc1CCCc1cn[nH]c1. The van der Waals surface area contributed by atoms with Gasteiger partial charge in [-0.15, -0.1) is 0 Å². The number of hydrogen-bond donors (Lipinski definition) is 2. The van der Waals surface area contributed by atoms with Gasteiger partial charge in [-0.3, -0.25) is 9.89 Å². The molecule has 25 heavy (non-hydrogen) atoms. The summed E-state index contributed by atoms with van der Waals surface area (Å²) in [6.45, 7) is 2.96. The van der Waals surface area contributed by atoms with Crippen LogP contribution in [0.4, 0.5) is 0 Å². The maximum absolute atomic E-state index is 11.2. The van der Waals surface area contributed by atoms with Crippen molar-refractivity contribution in [3.63, 3.8) is 0 Å². The number of primary amides is 1. The Kier molecular flexibility index (Phi) is 5.23. The van der Waals surface area contributed by atoms with Crippen LogP contribution in [0.2, 0.25) is 0 Å². The number of amides is 1. The molecule has 0 saturated carbocycles. The van der Waals surface area contributed by atoms with Gasteiger partial charge in [-0.1, -0.05) is 19.1 Å². The van der Waals surface area contributed by atoms with Crippen LogP contribution in [0.3, 0.4) is 0 Å². The van der Waals surface area contributed by atoms with E-state index < -0.39 is 5.91 Å². The van der Waals surface area contributed by atoms with Crippen molar-refractivity contribution < 1.29 is 4.79 Å². The van der Waals surface area contributed by atoms with Crippen LogP contribution in [0, 0.1) is 0 Å². The van der Waals surface area contributed by atoms with E-state index in [0.29, 0.717) is 11.4 Å². The average Bonchev–Trinajstić information content (AvgIpc) is 3.26. The number of carbonyl (C=O) groups is 1. The van der Waals surface area contributed by atoms with Crippen LogP contribution in [0.5, 0.6) is 0 Å². The van der Waals surface area contributed by atoms with Gasteiger partial charge < -0.3 is 5.73 Å². The zero-order valence-electron chi connectivity index (χ0n) is 14.3. The molecule has 0 aliphatic heterocycles. The van der Waals surface area contributed by atoms with Crippen molar-refractivity contribution in [1.82, 2.24) is 25.0 Å². The molecule has 3 N–H and O–H groups in total. The number of aryl methyl sites for hydroxylation is 3. The van der Waals surface area contributed by atoms with Gasteiger partial charge in [-0.25, -0.2) is 9.67 Å². The van der Waals surface area contributed by atoms with E-state index in [9.17, 15) is 4.79 Å². The van der Waals surface area contributed by atoms with Gasteiger partial charge in [0.15, 0.2) is 5.82 Å². The summed E-state index contributed by atoms with van der Waals surface area (Å²) < 4.78 is 1.98. The maximum Gasteiger partial charge on any atom is 0.248 e. The van der Waals surface area contributed by atoms with E-state index in [2.05, 4.69) is 22.2 Å². The van der Waals surface area contributed by atoms with E-state index in [1.807, 2.05) is 29.2 Å². The van der Waals surface area contributed by atoms with Crippen LogP contribution >= 0.6 is 0 Å². The third-order valence-electron chi connectivity index (χ3n) is 4.03. The fraction of sp³-hybridized carbons (Fsp3) is 0.333. The van der Waals surface area contributed by atoms with Gasteiger partial charge in [0, 0.05) is 30.3 Å². The lowest BCUT2D eigenvalue weighted by Crippen LogP contribution is -2.10. The first-order valence-electron chi connectivity index (χ1n) is 8.49. The van der Waals surface area contributed by atoms with Gasteiger partial charge in [-0.05, 0) is 37.0 Å². The zero-order chi connectivity index (χ0) is 17.6. The van der Waals surface area contributed by atoms with Crippen LogP contribution in [-0.2, 0) is 19.4 Å². The average molecular weight is 338 g/mol. The number of carbonyl (C=O) groups excluding carboxylic acids is 1. The number of nitrogens with one attached hydrogen (secondary N) is 1. The minimum atomic E-state index is -0.434. The molecule has 1 aromatic carbocycles. The highest BCUT2D eigenvalue weighted by Crippen LogP contribution is 2.18. The van der Waals surface area contributed by atoms with Crippen molar-refractivity contribution in [1.29, 1.82) is 0 Å². The van der Waals surface area contributed by atoms with Gasteiger partial charge in [0.05, 0.1) is 6.20 Å². The van der Waals surface area contributed by atoms with E-state index in [-0.39, 0.29) is 0 Å². The van der Waals surface area contributed by atoms with Crippen LogP contribution in [0.1, 0.15) is 41.5 Å². The zero-order valence-corrected chi connectivity index (χ0v) is 14.3. The molecule has 130 valence electrons. The molecule has 0 aliphatic carbocycles. The molecule has 3 aromatic rings. The molecule has 0 aliphatic rings. The summed E-state index contributed by atoms with van der Waals surface area (Å²) in [7, 11) is 0. The summed E-state index contributed by atoms with van der Waals surface area (Å²) in [5.41, 5.74) is 7.85. The Hall–Kier alpha value is -2.96. The quantitative estimate of drug-likeness (QED) is 0.658. The molecule has 0 fully saturated rings. The Bertz CT molecular complexity index is 820. The Labute approximate surface area is 146 Å². The first kappa shape index (κ1) is 16.9. The van der Waals surface area contributed by atoms with Crippen molar-refractivity contribution in [2.24, 2.45) is 5.73 Å². The van der Waals surface area contributed by atoms with Crippen LogP contribution in [0.25, 0.3) is 11.4 Å². The first-order valence-corrected chi connectivity index (χ1v) is 8.49. The summed E-state index contributed by atoms with van der Waals surface area (Å²) in [6, 6.07) is 7.08. The highest BCUT2D eigenvalue weighted by atomic mass is 16.1. The number of aromatic amines is 1. The van der Waals surface area contributed by atoms with Gasteiger partial charge in [0.25, 0.3) is 0 Å². The molecule has 0 bridgehead atoms. The second kappa shape index (κ2) is 7.74. The van der Waals surface area contributed by atoms with E-state index >= 15 is 0 Å². The van der Waals surface area contributed by atoms with Gasteiger partial charge >= 0.3 is 0 Å². The third-order valence-corrected chi connectivity index (χ3v) is 4.03. The van der Waals surface area contributed by atoms with Crippen molar-refractivity contribution in [2.45, 2.75) is 39.2 Å². The summed E-state index contributed by atoms with van der Waals surface area (Å²) >= 11 is 0. The lowest BCUT2D eigenvalue weighted by molar-refractivity contribution is 0.100. The first-order chi connectivity index (χ1) is 12.2. The molecule has 0 saturated heterocycles. The minimum Gasteiger partial charge on any atom is -0.366 e. The lowest BCUT2D eigenvalue weighted by atomic mass is 10.1. The largest absolute Gasteiger partial charge is 0.366 e. The molecule has 7 heteroatoms. The number of aromatic nitrogens is 5. The highest BCUT2D eigenvalue weighted by Gasteiger charge is 2.12. The summed E-state index contributed by atoms with van der Waals surface area (Å²) in [4.78, 5) is 15.9. The Balaban J connectivity index is 1.75. The molecule has 0 unspecified atom stereocenters. The van der Waals surface area contributed by atoms with Crippen LogP contribution in [-0.4, -0.2) is 30.9 Å². The second-order valence-electron chi connectivity index (χ2n) is 5.98. The number of H-pyrrole nitrogens is 1. The molecular weight excluding hydrogens is 316 g/mol. The van der Waals surface area contributed by atoms with Gasteiger partial charge in [0.1, 0.15) is 5.82 Å². The molecule has 7 nitrogen and oxygen atoms in total. The van der Waals surface area contributed by atoms with E-state index in [0.717, 1.165) is 43.6 Å². The number of benzene rings is 1. The molecule has 2 heterocycles. The molecule has 2 aromatic heterocycles. The molecule has 1 amide bonds. The number of nitrogens with two attached hydrogens (primary N) is 1. The van der Waals surface area contributed by atoms with Crippen molar-refractivity contribution >= 4 is 5.91 Å². The second-order valence-corrected chi connectivity index (χ2v) is 5.98. The normalized spacial score (nSPS) is 10.9. The maximum atomic E-state index is 11.2. The Morgan fingerprint density at radius 3 is 2.68 bits per heavy atom. The van der Waals surface area contributed by atoms with E-state index in [1.165, 1.54) is 5.56 Å². The predicted octanol–water partition coefficient (Wildman–Crippen LogP) is 2.35. The van der Waals surface area contributed by atoms with Gasteiger partial charge in [0.2, 0.25) is 5.91 Å². The molecular formula is C18H22N6O. The molecule has 0 atom stereocenters. The summed E-state index contributed by atoms with van der Waals surface area (Å²) in [6.07, 6.45) is 7.57. The fourth-order valence-electron chi connectivity index (χ4n) is 2.72. The Morgan fingerprint density at radius 2 is 2.04 bits per heavy atom. The molecule has 0 radical (unpaired) electrons. The van der Waals surface area contributed by atoms with Crippen LogP contribution in [0.15, 0.2) is 36.7 Å². The Morgan fingerprint density at radius 1 is 1.24 bits per heavy atom. The van der Waals surface area contributed by atoms with Gasteiger partial charge in [-0.2, -0.15) is 10.2 Å². The number of rotatable bonds is 8. The number of hydrogen-bond acceptors (Lipinski definition) is 4. The molecule has 3 rings (SSSR count). The van der Waals surface area contributed by atoms with E-state index in [1.54, 1.807) is 12.1 Å². The van der Waals surface area contributed by atoms with Crippen molar-refractivity contribution in [3.05, 3.63) is 53.6 Å². The topological polar surface area (TPSA) is 102 Å². The minimum absolute atomic E-state index is 0.434. The summed E-state index contributed by atoms with van der Waals surface area (Å²) in [5.74, 6) is 1.23. The summed E-state index contributed by atoms with van der Waals surface area (Å²) in [5, 5.41) is 11.4. The lowest BCUT2D eigenvalue weighted by Gasteiger charge is -2.03. The fourth-order valence-corrected chi connectivity index (χ4v) is 2.72. The smallest absolute Gasteiger partial charge is 0.248 e. The highest BCUT2D eigenvalue weighted by molar-refractivity contribution is 5.93.